The van der Waals surface area contributed by atoms with Crippen LogP contribution in [0.3, 0.4) is 0 Å². The largest absolute Gasteiger partial charge is 0.462 e. The molecule has 0 aromatic heterocycles. The van der Waals surface area contributed by atoms with E-state index in [1.54, 1.807) is 0 Å². The van der Waals surface area contributed by atoms with E-state index in [0.29, 0.717) is 0 Å². The number of carbonyl (C=O) groups excluding carboxylic acids is 1. The standard InChI is InChI=1S/C12H20O2/c1-3-9(2)14-11(13)12-6-4-10(8-12)5-7-12/h9-10H,3-8H2,1-2H3. The fraction of sp³-hybridized carbons (Fsp3) is 0.917. The summed E-state index contributed by atoms with van der Waals surface area (Å²) >= 11 is 0. The van der Waals surface area contributed by atoms with Crippen molar-refractivity contribution in [3.63, 3.8) is 0 Å². The first-order valence-corrected chi connectivity index (χ1v) is 5.87. The summed E-state index contributed by atoms with van der Waals surface area (Å²) in [4.78, 5) is 12.0. The van der Waals surface area contributed by atoms with Gasteiger partial charge in [0.25, 0.3) is 0 Å². The van der Waals surface area contributed by atoms with Crippen LogP contribution in [-0.4, -0.2) is 12.1 Å². The highest BCUT2D eigenvalue weighted by Crippen LogP contribution is 2.54. The first kappa shape index (κ1) is 10.0. The van der Waals surface area contributed by atoms with Crippen molar-refractivity contribution in [1.82, 2.24) is 0 Å². The second-order valence-corrected chi connectivity index (χ2v) is 5.05. The molecule has 14 heavy (non-hydrogen) atoms. The van der Waals surface area contributed by atoms with Crippen LogP contribution in [0.2, 0.25) is 0 Å². The Morgan fingerprint density at radius 3 is 2.57 bits per heavy atom. The lowest BCUT2D eigenvalue weighted by molar-refractivity contribution is -0.160. The van der Waals surface area contributed by atoms with E-state index >= 15 is 0 Å². The number of esters is 1. The minimum atomic E-state index is -0.0614. The van der Waals surface area contributed by atoms with E-state index in [1.807, 2.05) is 6.92 Å². The molecule has 0 saturated heterocycles. The molecule has 2 aliphatic rings. The predicted octanol–water partition coefficient (Wildman–Crippen LogP) is 2.91. The third-order valence-electron chi connectivity index (χ3n) is 4.06. The van der Waals surface area contributed by atoms with Crippen molar-refractivity contribution < 1.29 is 9.53 Å². The van der Waals surface area contributed by atoms with Crippen molar-refractivity contribution >= 4 is 5.97 Å². The van der Waals surface area contributed by atoms with Crippen LogP contribution in [0, 0.1) is 11.3 Å². The molecule has 0 aliphatic heterocycles. The Morgan fingerprint density at radius 2 is 2.14 bits per heavy atom. The summed E-state index contributed by atoms with van der Waals surface area (Å²) in [5.41, 5.74) is -0.0614. The summed E-state index contributed by atoms with van der Waals surface area (Å²) in [5, 5.41) is 0. The van der Waals surface area contributed by atoms with Gasteiger partial charge in [-0.2, -0.15) is 0 Å². The Hall–Kier alpha value is -0.530. The second-order valence-electron chi connectivity index (χ2n) is 5.05. The number of rotatable bonds is 3. The molecule has 0 N–H and O–H groups in total. The van der Waals surface area contributed by atoms with Crippen molar-refractivity contribution in [2.45, 2.75) is 58.5 Å². The fourth-order valence-corrected chi connectivity index (χ4v) is 2.87. The van der Waals surface area contributed by atoms with Crippen LogP contribution >= 0.6 is 0 Å². The van der Waals surface area contributed by atoms with Gasteiger partial charge in [-0.15, -0.1) is 0 Å². The number of fused-ring (bicyclic) bond motifs is 2. The van der Waals surface area contributed by atoms with E-state index < -0.39 is 0 Å². The molecule has 2 aliphatic carbocycles. The van der Waals surface area contributed by atoms with Gasteiger partial charge in [-0.05, 0) is 51.4 Å². The molecular formula is C12H20O2. The SMILES string of the molecule is CCC(C)OC(=O)C12CCC(CC1)C2. The van der Waals surface area contributed by atoms with Crippen LogP contribution in [-0.2, 0) is 9.53 Å². The van der Waals surface area contributed by atoms with Crippen LogP contribution in [0.1, 0.15) is 52.4 Å². The molecule has 0 aromatic carbocycles. The van der Waals surface area contributed by atoms with Crippen LogP contribution in [0.25, 0.3) is 0 Å². The van der Waals surface area contributed by atoms with Crippen molar-refractivity contribution in [2.24, 2.45) is 11.3 Å². The lowest BCUT2D eigenvalue weighted by Gasteiger charge is -2.25. The smallest absolute Gasteiger partial charge is 0.312 e. The van der Waals surface area contributed by atoms with E-state index in [-0.39, 0.29) is 17.5 Å². The van der Waals surface area contributed by atoms with Crippen LogP contribution in [0.4, 0.5) is 0 Å². The van der Waals surface area contributed by atoms with Gasteiger partial charge in [0.2, 0.25) is 0 Å². The Balaban J connectivity index is 1.97. The molecule has 80 valence electrons. The zero-order chi connectivity index (χ0) is 10.2. The first-order chi connectivity index (χ1) is 6.66. The summed E-state index contributed by atoms with van der Waals surface area (Å²) in [5.74, 6) is 0.909. The summed E-state index contributed by atoms with van der Waals surface area (Å²) in [6.07, 6.45) is 6.76. The molecule has 0 heterocycles. The molecule has 1 unspecified atom stereocenters. The topological polar surface area (TPSA) is 26.3 Å². The quantitative estimate of drug-likeness (QED) is 0.649. The van der Waals surface area contributed by atoms with Gasteiger partial charge in [-0.25, -0.2) is 0 Å². The summed E-state index contributed by atoms with van der Waals surface area (Å²) in [6.45, 7) is 4.04. The minimum absolute atomic E-state index is 0.0614. The molecule has 2 saturated carbocycles. The van der Waals surface area contributed by atoms with Crippen molar-refractivity contribution in [2.75, 3.05) is 0 Å². The van der Waals surface area contributed by atoms with Gasteiger partial charge >= 0.3 is 5.97 Å². The Labute approximate surface area is 86.0 Å². The third kappa shape index (κ3) is 1.55. The third-order valence-corrected chi connectivity index (χ3v) is 4.06. The molecule has 0 amide bonds. The van der Waals surface area contributed by atoms with Gasteiger partial charge < -0.3 is 4.74 Å². The minimum Gasteiger partial charge on any atom is -0.462 e. The van der Waals surface area contributed by atoms with Crippen molar-refractivity contribution in [1.29, 1.82) is 0 Å². The Bertz CT molecular complexity index is 226. The fourth-order valence-electron chi connectivity index (χ4n) is 2.87. The predicted molar refractivity (Wildman–Crippen MR) is 54.9 cm³/mol. The average molecular weight is 196 g/mol. The van der Waals surface area contributed by atoms with E-state index in [4.69, 9.17) is 4.74 Å². The average Bonchev–Trinajstić information content (AvgIpc) is 2.78. The molecule has 0 aromatic rings. The first-order valence-electron chi connectivity index (χ1n) is 5.87. The van der Waals surface area contributed by atoms with Crippen LogP contribution in [0.5, 0.6) is 0 Å². The Morgan fingerprint density at radius 1 is 1.50 bits per heavy atom. The Kier molecular flexibility index (Phi) is 2.54. The van der Waals surface area contributed by atoms with Gasteiger partial charge in [0.05, 0.1) is 11.5 Å². The van der Waals surface area contributed by atoms with Gasteiger partial charge in [0.15, 0.2) is 0 Å². The maximum atomic E-state index is 12.0. The van der Waals surface area contributed by atoms with E-state index in [9.17, 15) is 4.79 Å². The van der Waals surface area contributed by atoms with Gasteiger partial charge in [0.1, 0.15) is 0 Å². The molecule has 2 heteroatoms. The van der Waals surface area contributed by atoms with Crippen molar-refractivity contribution in [3.8, 4) is 0 Å². The number of hydrogen-bond acceptors (Lipinski definition) is 2. The maximum Gasteiger partial charge on any atom is 0.312 e. The maximum absolute atomic E-state index is 12.0. The summed E-state index contributed by atoms with van der Waals surface area (Å²) < 4.78 is 5.47. The van der Waals surface area contributed by atoms with Crippen LogP contribution < -0.4 is 0 Å². The van der Waals surface area contributed by atoms with E-state index in [1.165, 1.54) is 12.8 Å². The van der Waals surface area contributed by atoms with E-state index in [2.05, 4.69) is 6.92 Å². The van der Waals surface area contributed by atoms with E-state index in [0.717, 1.165) is 31.6 Å². The monoisotopic (exact) mass is 196 g/mol. The van der Waals surface area contributed by atoms with Crippen LogP contribution in [0.15, 0.2) is 0 Å². The lowest BCUT2D eigenvalue weighted by Crippen LogP contribution is -2.31. The highest BCUT2D eigenvalue weighted by atomic mass is 16.5. The van der Waals surface area contributed by atoms with Gasteiger partial charge in [0, 0.05) is 0 Å². The zero-order valence-corrected chi connectivity index (χ0v) is 9.21. The number of ether oxygens (including phenoxy) is 1. The molecule has 0 spiro atoms. The highest BCUT2D eigenvalue weighted by Gasteiger charge is 2.51. The molecular weight excluding hydrogens is 176 g/mol. The molecule has 2 rings (SSSR count). The van der Waals surface area contributed by atoms with Gasteiger partial charge in [-0.1, -0.05) is 6.92 Å². The summed E-state index contributed by atoms with van der Waals surface area (Å²) in [7, 11) is 0. The second kappa shape index (κ2) is 3.56. The molecule has 2 fully saturated rings. The highest BCUT2D eigenvalue weighted by molar-refractivity contribution is 5.78. The molecule has 0 radical (unpaired) electrons. The molecule has 2 bridgehead atoms. The van der Waals surface area contributed by atoms with Gasteiger partial charge in [-0.3, -0.25) is 4.79 Å². The zero-order valence-electron chi connectivity index (χ0n) is 9.21. The lowest BCUT2D eigenvalue weighted by atomic mass is 9.84. The molecule has 1 atom stereocenters. The molecule has 2 nitrogen and oxygen atoms in total. The van der Waals surface area contributed by atoms with Crippen molar-refractivity contribution in [3.05, 3.63) is 0 Å². The number of carbonyl (C=O) groups is 1. The number of hydrogen-bond donors (Lipinski definition) is 0. The summed E-state index contributed by atoms with van der Waals surface area (Å²) in [6, 6.07) is 0. The normalized spacial score (nSPS) is 37.1.